The smallest absolute Gasteiger partial charge is 0.410 e. The number of esters is 2. The van der Waals surface area contributed by atoms with E-state index in [1.165, 1.54) is 12.0 Å². The fraction of sp³-hybridized carbons (Fsp3) is 0.875. The van der Waals surface area contributed by atoms with Gasteiger partial charge in [0.2, 0.25) is 10.0 Å². The van der Waals surface area contributed by atoms with Gasteiger partial charge in [0, 0.05) is 25.7 Å². The predicted octanol–water partition coefficient (Wildman–Crippen LogP) is 1.37. The Morgan fingerprint density at radius 3 is 2.17 bits per heavy atom. The van der Waals surface area contributed by atoms with Crippen LogP contribution >= 0.6 is 0 Å². The maximum absolute atomic E-state index is 12.7. The van der Waals surface area contributed by atoms with Gasteiger partial charge in [0.1, 0.15) is 12.1 Å². The van der Waals surface area contributed by atoms with Gasteiger partial charge in [-0.25, -0.2) is 22.7 Å². The molecule has 6 unspecified atom stereocenters. The van der Waals surface area contributed by atoms with Crippen LogP contribution in [0.1, 0.15) is 52.9 Å². The summed E-state index contributed by atoms with van der Waals surface area (Å²) in [6.45, 7) is 7.18. The number of amides is 1. The zero-order valence-corrected chi connectivity index (χ0v) is 22.6. The molecule has 36 heavy (non-hydrogen) atoms. The molecule has 206 valence electrons. The number of hydrogen-bond donors (Lipinski definition) is 1. The Morgan fingerprint density at radius 2 is 1.56 bits per heavy atom. The Morgan fingerprint density at radius 1 is 0.889 bits per heavy atom. The van der Waals surface area contributed by atoms with Crippen LogP contribution < -0.4 is 4.72 Å². The lowest BCUT2D eigenvalue weighted by Crippen LogP contribution is -2.55. The molecule has 0 bridgehead atoms. The second kappa shape index (κ2) is 12.6. The molecule has 0 spiro atoms. The van der Waals surface area contributed by atoms with Crippen LogP contribution in [-0.4, -0.2) is 100 Å². The molecular formula is C24H41N3O8S. The molecule has 0 aromatic carbocycles. The highest BCUT2D eigenvalue weighted by molar-refractivity contribution is 7.89. The minimum atomic E-state index is -3.39. The van der Waals surface area contributed by atoms with Crippen molar-refractivity contribution < 1.29 is 37.0 Å². The van der Waals surface area contributed by atoms with Gasteiger partial charge in [0.15, 0.2) is 0 Å². The summed E-state index contributed by atoms with van der Waals surface area (Å²) in [4.78, 5) is 41.2. The van der Waals surface area contributed by atoms with E-state index in [4.69, 9.17) is 14.2 Å². The number of sulfonamides is 1. The highest BCUT2D eigenvalue weighted by atomic mass is 32.2. The second-order valence-electron chi connectivity index (χ2n) is 10.0. The van der Waals surface area contributed by atoms with Crippen LogP contribution in [0.2, 0.25) is 0 Å². The molecule has 11 nitrogen and oxygen atoms in total. The molecule has 1 aliphatic carbocycles. The van der Waals surface area contributed by atoms with Crippen molar-refractivity contribution in [1.82, 2.24) is 14.5 Å². The van der Waals surface area contributed by atoms with Crippen LogP contribution in [0.15, 0.2) is 0 Å². The number of methoxy groups -OCH3 is 1. The summed E-state index contributed by atoms with van der Waals surface area (Å²) < 4.78 is 42.4. The number of rotatable bonds is 9. The van der Waals surface area contributed by atoms with Gasteiger partial charge in [-0.1, -0.05) is 0 Å². The van der Waals surface area contributed by atoms with E-state index in [1.807, 2.05) is 0 Å². The van der Waals surface area contributed by atoms with Crippen molar-refractivity contribution >= 4 is 28.1 Å². The Balaban J connectivity index is 1.68. The molecule has 2 saturated heterocycles. The predicted molar refractivity (Wildman–Crippen MR) is 131 cm³/mol. The third-order valence-electron chi connectivity index (χ3n) is 7.73. The first kappa shape index (κ1) is 28.6. The molecule has 0 aromatic heterocycles. The minimum Gasteiger partial charge on any atom is -0.465 e. The summed E-state index contributed by atoms with van der Waals surface area (Å²) >= 11 is 0. The molecule has 6 atom stereocenters. The number of nitrogens with one attached hydrogen (secondary N) is 1. The molecule has 2 aliphatic heterocycles. The lowest BCUT2D eigenvalue weighted by atomic mass is 9.69. The number of fused-ring (bicyclic) bond motifs is 1. The van der Waals surface area contributed by atoms with E-state index in [0.717, 1.165) is 19.3 Å². The lowest BCUT2D eigenvalue weighted by Gasteiger charge is -2.46. The van der Waals surface area contributed by atoms with Gasteiger partial charge in [-0.05, 0) is 70.6 Å². The zero-order chi connectivity index (χ0) is 26.5. The normalized spacial score (nSPS) is 30.9. The summed E-state index contributed by atoms with van der Waals surface area (Å²) in [5.41, 5.74) is 0. The molecule has 1 amide bonds. The van der Waals surface area contributed by atoms with Gasteiger partial charge < -0.3 is 14.2 Å². The van der Waals surface area contributed by atoms with Crippen LogP contribution in [0.4, 0.5) is 4.79 Å². The van der Waals surface area contributed by atoms with Crippen molar-refractivity contribution in [2.45, 2.75) is 71.0 Å². The van der Waals surface area contributed by atoms with Crippen LogP contribution in [0, 0.1) is 17.8 Å². The molecule has 1 N–H and O–H groups in total. The van der Waals surface area contributed by atoms with E-state index in [0.29, 0.717) is 32.5 Å². The zero-order valence-electron chi connectivity index (χ0n) is 21.8. The van der Waals surface area contributed by atoms with Crippen molar-refractivity contribution in [3.8, 4) is 0 Å². The summed E-state index contributed by atoms with van der Waals surface area (Å²) in [6, 6.07) is -1.48. The second-order valence-corrected chi connectivity index (χ2v) is 12.0. The first-order valence-electron chi connectivity index (χ1n) is 13.0. The van der Waals surface area contributed by atoms with Gasteiger partial charge in [0.05, 0.1) is 26.1 Å². The SMILES string of the molecule is CCOC(=O)C1CC(NS(=O)(=O)CC)CN1CC1CCC2CN(C(=O)OC)C(C(=O)OCC)CC2C1. The standard InChI is InChI=1S/C24H41N3O8S/c1-5-34-22(28)20-12-19(25-36(31,32)7-3)15-26(20)13-16-8-9-17-14-27(24(30)33-4)21(11-18(17)10-16)23(29)35-6-2/h16-21,25H,5-15H2,1-4H3. The number of nitrogens with zero attached hydrogens (tertiary/aromatic N) is 2. The van der Waals surface area contributed by atoms with Crippen LogP contribution in [0.5, 0.6) is 0 Å². The molecule has 2 heterocycles. The molecule has 12 heteroatoms. The van der Waals surface area contributed by atoms with Crippen molar-refractivity contribution in [3.05, 3.63) is 0 Å². The Bertz CT molecular complexity index is 898. The number of ether oxygens (including phenoxy) is 3. The molecular weight excluding hydrogens is 490 g/mol. The first-order chi connectivity index (χ1) is 17.1. The highest BCUT2D eigenvalue weighted by Crippen LogP contribution is 2.42. The molecule has 1 saturated carbocycles. The molecule has 3 fully saturated rings. The fourth-order valence-corrected chi connectivity index (χ4v) is 6.88. The number of carbonyl (C=O) groups is 3. The van der Waals surface area contributed by atoms with E-state index in [1.54, 1.807) is 20.8 Å². The molecule has 3 aliphatic rings. The number of hydrogen-bond acceptors (Lipinski definition) is 9. The van der Waals surface area contributed by atoms with E-state index >= 15 is 0 Å². The summed E-state index contributed by atoms with van der Waals surface area (Å²) in [5, 5.41) is 0. The number of carbonyl (C=O) groups excluding carboxylic acids is 3. The summed E-state index contributed by atoms with van der Waals surface area (Å²) in [5.74, 6) is 0.0715. The highest BCUT2D eigenvalue weighted by Gasteiger charge is 2.46. The average molecular weight is 532 g/mol. The van der Waals surface area contributed by atoms with Gasteiger partial charge in [-0.2, -0.15) is 0 Å². The number of likely N-dealkylation sites (tertiary alicyclic amines) is 2. The fourth-order valence-electron chi connectivity index (χ4n) is 6.04. The van der Waals surface area contributed by atoms with Gasteiger partial charge >= 0.3 is 18.0 Å². The monoisotopic (exact) mass is 531 g/mol. The topological polar surface area (TPSA) is 132 Å². The third-order valence-corrected chi connectivity index (χ3v) is 9.18. The van der Waals surface area contributed by atoms with Crippen LogP contribution in [0.25, 0.3) is 0 Å². The van der Waals surface area contributed by atoms with Crippen molar-refractivity contribution in [2.75, 3.05) is 45.7 Å². The maximum Gasteiger partial charge on any atom is 0.410 e. The molecule has 0 aromatic rings. The van der Waals surface area contributed by atoms with E-state index < -0.39 is 34.2 Å². The Kier molecular flexibility index (Phi) is 9.99. The minimum absolute atomic E-state index is 0.0104. The average Bonchev–Trinajstić information content (AvgIpc) is 3.24. The quantitative estimate of drug-likeness (QED) is 0.346. The number of piperidine rings is 1. The van der Waals surface area contributed by atoms with Gasteiger partial charge in [-0.15, -0.1) is 0 Å². The van der Waals surface area contributed by atoms with Gasteiger partial charge in [-0.3, -0.25) is 14.6 Å². The van der Waals surface area contributed by atoms with Crippen LogP contribution in [0.3, 0.4) is 0 Å². The van der Waals surface area contributed by atoms with Crippen molar-refractivity contribution in [1.29, 1.82) is 0 Å². The maximum atomic E-state index is 12.7. The molecule has 3 rings (SSSR count). The molecule has 0 radical (unpaired) electrons. The van der Waals surface area contributed by atoms with Crippen LogP contribution in [-0.2, 0) is 33.8 Å². The Labute approximate surface area is 214 Å². The van der Waals surface area contributed by atoms with E-state index in [9.17, 15) is 22.8 Å². The van der Waals surface area contributed by atoms with Crippen molar-refractivity contribution in [2.24, 2.45) is 17.8 Å². The third kappa shape index (κ3) is 6.89. The Hall–Kier alpha value is -1.92. The van der Waals surface area contributed by atoms with E-state index in [-0.39, 0.29) is 48.7 Å². The summed E-state index contributed by atoms with van der Waals surface area (Å²) in [6.07, 6.45) is 3.10. The summed E-state index contributed by atoms with van der Waals surface area (Å²) in [7, 11) is -2.07. The first-order valence-corrected chi connectivity index (χ1v) is 14.7. The van der Waals surface area contributed by atoms with E-state index in [2.05, 4.69) is 9.62 Å². The van der Waals surface area contributed by atoms with Gasteiger partial charge in [0.25, 0.3) is 0 Å². The van der Waals surface area contributed by atoms with Crippen molar-refractivity contribution in [3.63, 3.8) is 0 Å². The largest absolute Gasteiger partial charge is 0.465 e. The lowest BCUT2D eigenvalue weighted by molar-refractivity contribution is -0.153.